The van der Waals surface area contributed by atoms with Crippen LogP contribution in [0.5, 0.6) is 17.2 Å². The second-order valence-electron chi connectivity index (χ2n) is 9.41. The quantitative estimate of drug-likeness (QED) is 0.223. The first-order valence-electron chi connectivity index (χ1n) is 12.5. The van der Waals surface area contributed by atoms with Crippen LogP contribution in [0.1, 0.15) is 39.9 Å². The molecule has 1 unspecified atom stereocenters. The van der Waals surface area contributed by atoms with Crippen molar-refractivity contribution in [1.82, 2.24) is 15.1 Å². The summed E-state index contributed by atoms with van der Waals surface area (Å²) >= 11 is 0. The Morgan fingerprint density at radius 3 is 2.68 bits per heavy atom. The van der Waals surface area contributed by atoms with E-state index in [4.69, 9.17) is 9.47 Å². The Balaban J connectivity index is 1.57. The number of ether oxygens (including phenoxy) is 2. The van der Waals surface area contributed by atoms with E-state index >= 15 is 0 Å². The molecule has 10 nitrogen and oxygen atoms in total. The minimum absolute atomic E-state index is 0.0673. The van der Waals surface area contributed by atoms with E-state index in [1.54, 1.807) is 12.1 Å². The maximum absolute atomic E-state index is 14.9. The average molecular weight is 527 g/mol. The SMILES string of the molecule is Bc1c(O)c(O)c(OCc2ccc(CN3CCOCC3)cc2F)c2c1C(=O)N(C(CCC=O)C(=O)NC)C2. The van der Waals surface area contributed by atoms with Crippen LogP contribution in [0.2, 0.25) is 0 Å². The standard InChI is InChI=1S/C26H31BFN3O7/c1-29-25(35)19(3-2-8-32)31-13-17-20(26(31)36)21(27)22(33)23(34)24(17)38-14-16-5-4-15(11-18(16)28)12-30-6-9-37-10-7-30/h4-5,8,11,19,33-34H,2-3,6-7,9-10,12-14,27H2,1H3,(H,29,35). The van der Waals surface area contributed by atoms with E-state index in [2.05, 4.69) is 10.2 Å². The first kappa shape index (κ1) is 27.4. The Kier molecular flexibility index (Phi) is 8.53. The number of phenolic OH excluding ortho intramolecular Hbond substituents is 2. The molecule has 12 heteroatoms. The lowest BCUT2D eigenvalue weighted by Gasteiger charge is -2.26. The molecule has 0 aliphatic carbocycles. The normalized spacial score (nSPS) is 16.3. The van der Waals surface area contributed by atoms with Crippen molar-refractivity contribution in [3.8, 4) is 17.2 Å². The molecule has 1 saturated heterocycles. The van der Waals surface area contributed by atoms with Gasteiger partial charge < -0.3 is 34.7 Å². The molecule has 0 spiro atoms. The van der Waals surface area contributed by atoms with Crippen LogP contribution < -0.4 is 15.5 Å². The zero-order valence-electron chi connectivity index (χ0n) is 21.5. The number of nitrogens with one attached hydrogen (secondary N) is 1. The Morgan fingerprint density at radius 1 is 1.29 bits per heavy atom. The third-order valence-electron chi connectivity index (χ3n) is 7.03. The number of nitrogens with zero attached hydrogens (tertiary/aromatic N) is 2. The average Bonchev–Trinajstić information content (AvgIpc) is 3.25. The molecule has 2 amide bonds. The summed E-state index contributed by atoms with van der Waals surface area (Å²) in [4.78, 5) is 40.2. The molecule has 4 rings (SSSR count). The van der Waals surface area contributed by atoms with E-state index in [-0.39, 0.29) is 53.9 Å². The van der Waals surface area contributed by atoms with Gasteiger partial charge in [0.15, 0.2) is 17.2 Å². The van der Waals surface area contributed by atoms with Crippen LogP contribution in [0.15, 0.2) is 18.2 Å². The van der Waals surface area contributed by atoms with Gasteiger partial charge in [-0.2, -0.15) is 0 Å². The summed E-state index contributed by atoms with van der Waals surface area (Å²) in [7, 11) is 2.91. The fourth-order valence-electron chi connectivity index (χ4n) is 4.91. The van der Waals surface area contributed by atoms with Gasteiger partial charge in [-0.15, -0.1) is 0 Å². The fraction of sp³-hybridized carbons (Fsp3) is 0.423. The number of hydrogen-bond donors (Lipinski definition) is 3. The van der Waals surface area contributed by atoms with Gasteiger partial charge in [-0.1, -0.05) is 12.1 Å². The summed E-state index contributed by atoms with van der Waals surface area (Å²) in [6.45, 7) is 3.09. The summed E-state index contributed by atoms with van der Waals surface area (Å²) in [5.41, 5.74) is 1.58. The maximum Gasteiger partial charge on any atom is 0.254 e. The van der Waals surface area contributed by atoms with Crippen molar-refractivity contribution < 1.29 is 38.5 Å². The largest absolute Gasteiger partial charge is 0.505 e. The molecule has 38 heavy (non-hydrogen) atoms. The van der Waals surface area contributed by atoms with Gasteiger partial charge in [0.05, 0.1) is 19.8 Å². The van der Waals surface area contributed by atoms with Gasteiger partial charge in [-0.3, -0.25) is 14.5 Å². The highest BCUT2D eigenvalue weighted by Crippen LogP contribution is 2.43. The minimum Gasteiger partial charge on any atom is -0.505 e. The molecule has 2 aliphatic rings. The highest BCUT2D eigenvalue weighted by atomic mass is 19.1. The molecule has 0 saturated carbocycles. The summed E-state index contributed by atoms with van der Waals surface area (Å²) in [5.74, 6) is -2.70. The van der Waals surface area contributed by atoms with E-state index in [0.717, 1.165) is 18.7 Å². The van der Waals surface area contributed by atoms with Crippen LogP contribution in [-0.2, 0) is 34.0 Å². The van der Waals surface area contributed by atoms with Crippen LogP contribution in [0.3, 0.4) is 0 Å². The molecule has 2 aromatic carbocycles. The molecular formula is C26H31BFN3O7. The number of amides is 2. The van der Waals surface area contributed by atoms with Crippen molar-refractivity contribution >= 4 is 31.4 Å². The maximum atomic E-state index is 14.9. The lowest BCUT2D eigenvalue weighted by molar-refractivity contribution is -0.125. The summed E-state index contributed by atoms with van der Waals surface area (Å²) in [6, 6.07) is 3.92. The highest BCUT2D eigenvalue weighted by molar-refractivity contribution is 6.39. The lowest BCUT2D eigenvalue weighted by Crippen LogP contribution is -2.46. The van der Waals surface area contributed by atoms with Crippen molar-refractivity contribution in [1.29, 1.82) is 0 Å². The first-order valence-corrected chi connectivity index (χ1v) is 12.5. The molecule has 2 aliphatic heterocycles. The number of halogens is 1. The topological polar surface area (TPSA) is 129 Å². The lowest BCUT2D eigenvalue weighted by atomic mass is 9.86. The second-order valence-corrected chi connectivity index (χ2v) is 9.41. The second kappa shape index (κ2) is 11.8. The van der Waals surface area contributed by atoms with Crippen LogP contribution in [0.4, 0.5) is 4.39 Å². The zero-order chi connectivity index (χ0) is 27.4. The van der Waals surface area contributed by atoms with Crippen molar-refractivity contribution in [2.45, 2.75) is 38.6 Å². The van der Waals surface area contributed by atoms with Crippen LogP contribution in [0, 0.1) is 5.82 Å². The number of carbonyl (C=O) groups is 3. The summed E-state index contributed by atoms with van der Waals surface area (Å²) in [6.07, 6.45) is 0.845. The molecule has 0 aromatic heterocycles. The number of benzene rings is 2. The van der Waals surface area contributed by atoms with Gasteiger partial charge in [0.2, 0.25) is 5.91 Å². The third-order valence-corrected chi connectivity index (χ3v) is 7.03. The van der Waals surface area contributed by atoms with Gasteiger partial charge in [0.1, 0.15) is 32.6 Å². The number of aldehydes is 1. The Morgan fingerprint density at radius 2 is 2.03 bits per heavy atom. The number of phenols is 2. The molecule has 2 aromatic rings. The highest BCUT2D eigenvalue weighted by Gasteiger charge is 2.40. The third kappa shape index (κ3) is 5.46. The van der Waals surface area contributed by atoms with E-state index in [9.17, 15) is 29.0 Å². The summed E-state index contributed by atoms with van der Waals surface area (Å²) < 4.78 is 26.1. The van der Waals surface area contributed by atoms with Crippen LogP contribution >= 0.6 is 0 Å². The van der Waals surface area contributed by atoms with Gasteiger partial charge in [0, 0.05) is 49.8 Å². The van der Waals surface area contributed by atoms with E-state index in [1.165, 1.54) is 25.9 Å². The van der Waals surface area contributed by atoms with E-state index in [0.29, 0.717) is 26.0 Å². The van der Waals surface area contributed by atoms with Gasteiger partial charge >= 0.3 is 0 Å². The van der Waals surface area contributed by atoms with E-state index in [1.807, 2.05) is 0 Å². The molecule has 0 bridgehead atoms. The number of rotatable bonds is 10. The Bertz CT molecular complexity index is 1240. The van der Waals surface area contributed by atoms with Crippen LogP contribution in [-0.4, -0.2) is 85.4 Å². The van der Waals surface area contributed by atoms with Gasteiger partial charge in [0.25, 0.3) is 5.91 Å². The molecule has 0 radical (unpaired) electrons. The molecular weight excluding hydrogens is 496 g/mol. The monoisotopic (exact) mass is 527 g/mol. The minimum atomic E-state index is -0.932. The van der Waals surface area contributed by atoms with Crippen molar-refractivity contribution in [3.05, 3.63) is 46.3 Å². The molecule has 3 N–H and O–H groups in total. The van der Waals surface area contributed by atoms with Crippen molar-refractivity contribution in [3.63, 3.8) is 0 Å². The Labute approximate surface area is 220 Å². The number of likely N-dealkylation sites (N-methyl/N-ethyl adjacent to an activating group) is 1. The van der Waals surface area contributed by atoms with E-state index < -0.39 is 35.2 Å². The molecule has 1 atom stereocenters. The summed E-state index contributed by atoms with van der Waals surface area (Å²) in [5, 5.41) is 23.7. The fourth-order valence-corrected chi connectivity index (χ4v) is 4.91. The number of aromatic hydroxyl groups is 2. The first-order chi connectivity index (χ1) is 18.3. The number of morpholine rings is 1. The van der Waals surface area contributed by atoms with Crippen LogP contribution in [0.25, 0.3) is 0 Å². The molecule has 1 fully saturated rings. The zero-order valence-corrected chi connectivity index (χ0v) is 21.5. The Hall–Kier alpha value is -3.64. The smallest absolute Gasteiger partial charge is 0.254 e. The predicted molar refractivity (Wildman–Crippen MR) is 138 cm³/mol. The van der Waals surface area contributed by atoms with Gasteiger partial charge in [-0.05, 0) is 23.5 Å². The number of hydrogen-bond acceptors (Lipinski definition) is 8. The van der Waals surface area contributed by atoms with Crippen molar-refractivity contribution in [2.24, 2.45) is 0 Å². The molecule has 202 valence electrons. The number of fused-ring (bicyclic) bond motifs is 1. The molecule has 2 heterocycles. The van der Waals surface area contributed by atoms with Crippen molar-refractivity contribution in [2.75, 3.05) is 33.4 Å². The predicted octanol–water partition coefficient (Wildman–Crippen LogP) is -0.0440. The number of carbonyl (C=O) groups excluding carboxylic acids is 3. The van der Waals surface area contributed by atoms with Gasteiger partial charge in [-0.25, -0.2) is 4.39 Å².